The molecule has 0 radical (unpaired) electrons. The van der Waals surface area contributed by atoms with E-state index in [4.69, 9.17) is 4.74 Å². The lowest BCUT2D eigenvalue weighted by Gasteiger charge is -2.15. The average Bonchev–Trinajstić information content (AvgIpc) is 2.53. The third-order valence-electron chi connectivity index (χ3n) is 3.56. The minimum atomic E-state index is -0.286. The first-order valence-electron chi connectivity index (χ1n) is 7.54. The molecule has 114 valence electrons. The van der Waals surface area contributed by atoms with Crippen LogP contribution in [0.2, 0.25) is 0 Å². The van der Waals surface area contributed by atoms with Gasteiger partial charge in [-0.2, -0.15) is 0 Å². The molecule has 0 aromatic heterocycles. The van der Waals surface area contributed by atoms with Crippen molar-refractivity contribution in [2.45, 2.75) is 32.8 Å². The van der Waals surface area contributed by atoms with Gasteiger partial charge in [-0.05, 0) is 43.0 Å². The Bertz CT molecular complexity index is 656. The standard InChI is InChI=1S/C20H22O2/c1-14(2)22-20(21)16(4)19-12-8-11-18(13-19)15(3)17-9-6-5-7-10-17/h5-14,16H,3H2,1-2,4H3. The largest absolute Gasteiger partial charge is 0.463 e. The van der Waals surface area contributed by atoms with Gasteiger partial charge in [-0.3, -0.25) is 4.79 Å². The van der Waals surface area contributed by atoms with E-state index in [1.807, 2.05) is 75.4 Å². The summed E-state index contributed by atoms with van der Waals surface area (Å²) in [6.07, 6.45) is -0.0996. The lowest BCUT2D eigenvalue weighted by atomic mass is 9.94. The van der Waals surface area contributed by atoms with E-state index in [9.17, 15) is 4.79 Å². The molecular weight excluding hydrogens is 272 g/mol. The molecule has 2 heteroatoms. The molecular formula is C20H22O2. The van der Waals surface area contributed by atoms with Gasteiger partial charge < -0.3 is 4.74 Å². The molecule has 2 rings (SSSR count). The first kappa shape index (κ1) is 16.0. The molecule has 0 aliphatic carbocycles. The van der Waals surface area contributed by atoms with Crippen molar-refractivity contribution in [2.75, 3.05) is 0 Å². The van der Waals surface area contributed by atoms with Gasteiger partial charge in [-0.25, -0.2) is 0 Å². The third-order valence-corrected chi connectivity index (χ3v) is 3.56. The highest BCUT2D eigenvalue weighted by atomic mass is 16.5. The molecule has 0 saturated heterocycles. The molecule has 0 heterocycles. The second kappa shape index (κ2) is 7.08. The molecule has 2 aromatic carbocycles. The van der Waals surface area contributed by atoms with Crippen LogP contribution in [0.1, 0.15) is 43.4 Å². The van der Waals surface area contributed by atoms with E-state index < -0.39 is 0 Å². The summed E-state index contributed by atoms with van der Waals surface area (Å²) in [4.78, 5) is 12.1. The van der Waals surface area contributed by atoms with Crippen molar-refractivity contribution < 1.29 is 9.53 Å². The maximum atomic E-state index is 12.1. The Balaban J connectivity index is 2.23. The van der Waals surface area contributed by atoms with Crippen molar-refractivity contribution in [2.24, 2.45) is 0 Å². The SMILES string of the molecule is C=C(c1ccccc1)c1cccc(C(C)C(=O)OC(C)C)c1. The van der Waals surface area contributed by atoms with Crippen LogP contribution in [-0.2, 0) is 9.53 Å². The fraction of sp³-hybridized carbons (Fsp3) is 0.250. The van der Waals surface area contributed by atoms with Crippen molar-refractivity contribution in [1.82, 2.24) is 0 Å². The predicted octanol–water partition coefficient (Wildman–Crippen LogP) is 4.80. The lowest BCUT2D eigenvalue weighted by Crippen LogP contribution is -2.17. The van der Waals surface area contributed by atoms with E-state index in [0.29, 0.717) is 0 Å². The third kappa shape index (κ3) is 3.85. The second-order valence-corrected chi connectivity index (χ2v) is 5.68. The van der Waals surface area contributed by atoms with Crippen molar-refractivity contribution in [3.63, 3.8) is 0 Å². The van der Waals surface area contributed by atoms with Gasteiger partial charge in [-0.15, -0.1) is 0 Å². The summed E-state index contributed by atoms with van der Waals surface area (Å²) in [7, 11) is 0. The zero-order valence-corrected chi connectivity index (χ0v) is 13.4. The maximum absolute atomic E-state index is 12.1. The normalized spacial score (nSPS) is 12.0. The molecule has 0 spiro atoms. The number of esters is 1. The van der Waals surface area contributed by atoms with Crippen LogP contribution >= 0.6 is 0 Å². The van der Waals surface area contributed by atoms with Gasteiger partial charge in [0.2, 0.25) is 0 Å². The molecule has 22 heavy (non-hydrogen) atoms. The summed E-state index contributed by atoms with van der Waals surface area (Å²) < 4.78 is 5.29. The van der Waals surface area contributed by atoms with Gasteiger partial charge in [0.1, 0.15) is 0 Å². The molecule has 1 atom stereocenters. The van der Waals surface area contributed by atoms with Crippen LogP contribution in [0.15, 0.2) is 61.2 Å². The molecule has 2 nitrogen and oxygen atoms in total. The van der Waals surface area contributed by atoms with E-state index in [2.05, 4.69) is 6.58 Å². The monoisotopic (exact) mass is 294 g/mol. The second-order valence-electron chi connectivity index (χ2n) is 5.68. The van der Waals surface area contributed by atoms with Crippen LogP contribution < -0.4 is 0 Å². The molecule has 0 amide bonds. The van der Waals surface area contributed by atoms with Crippen molar-refractivity contribution in [3.8, 4) is 0 Å². The molecule has 0 bridgehead atoms. The Morgan fingerprint density at radius 1 is 0.955 bits per heavy atom. The Morgan fingerprint density at radius 2 is 1.59 bits per heavy atom. The van der Waals surface area contributed by atoms with E-state index in [1.54, 1.807) is 0 Å². The zero-order chi connectivity index (χ0) is 16.1. The van der Waals surface area contributed by atoms with Crippen LogP contribution in [0.25, 0.3) is 5.57 Å². The van der Waals surface area contributed by atoms with Gasteiger partial charge in [0.15, 0.2) is 0 Å². The molecule has 0 fully saturated rings. The lowest BCUT2D eigenvalue weighted by molar-refractivity contribution is -0.148. The number of carbonyl (C=O) groups excluding carboxylic acids is 1. The summed E-state index contributed by atoms with van der Waals surface area (Å²) in [5.41, 5.74) is 4.00. The molecule has 2 aromatic rings. The zero-order valence-electron chi connectivity index (χ0n) is 13.4. The molecule has 0 aliphatic rings. The highest BCUT2D eigenvalue weighted by molar-refractivity contribution is 5.81. The fourth-order valence-electron chi connectivity index (χ4n) is 2.27. The van der Waals surface area contributed by atoms with E-state index in [0.717, 1.165) is 22.3 Å². The van der Waals surface area contributed by atoms with E-state index in [-0.39, 0.29) is 18.0 Å². The highest BCUT2D eigenvalue weighted by Gasteiger charge is 2.18. The Hall–Kier alpha value is -2.35. The number of hydrogen-bond donors (Lipinski definition) is 0. The first-order chi connectivity index (χ1) is 10.5. The smallest absolute Gasteiger partial charge is 0.313 e. The number of carbonyl (C=O) groups is 1. The summed E-state index contributed by atoms with van der Waals surface area (Å²) in [5.74, 6) is -0.483. The van der Waals surface area contributed by atoms with Gasteiger partial charge >= 0.3 is 5.97 Å². The van der Waals surface area contributed by atoms with Crippen LogP contribution in [-0.4, -0.2) is 12.1 Å². The van der Waals surface area contributed by atoms with E-state index >= 15 is 0 Å². The number of ether oxygens (including phenoxy) is 1. The van der Waals surface area contributed by atoms with Crippen LogP contribution in [0.5, 0.6) is 0 Å². The van der Waals surface area contributed by atoms with Gasteiger partial charge in [0.25, 0.3) is 0 Å². The minimum absolute atomic E-state index is 0.0996. The van der Waals surface area contributed by atoms with Gasteiger partial charge in [0, 0.05) is 0 Å². The quantitative estimate of drug-likeness (QED) is 0.740. The Labute approximate surface area is 132 Å². The van der Waals surface area contributed by atoms with Gasteiger partial charge in [0.05, 0.1) is 12.0 Å². The topological polar surface area (TPSA) is 26.3 Å². The summed E-state index contributed by atoms with van der Waals surface area (Å²) in [5, 5.41) is 0. The molecule has 0 saturated carbocycles. The van der Waals surface area contributed by atoms with Crippen molar-refractivity contribution in [1.29, 1.82) is 0 Å². The number of benzene rings is 2. The predicted molar refractivity (Wildman–Crippen MR) is 90.7 cm³/mol. The fourth-order valence-corrected chi connectivity index (χ4v) is 2.27. The average molecular weight is 294 g/mol. The molecule has 0 N–H and O–H groups in total. The molecule has 1 unspecified atom stereocenters. The highest BCUT2D eigenvalue weighted by Crippen LogP contribution is 2.25. The summed E-state index contributed by atoms with van der Waals surface area (Å²) in [6.45, 7) is 9.76. The summed E-state index contributed by atoms with van der Waals surface area (Å²) in [6, 6.07) is 18.0. The van der Waals surface area contributed by atoms with Crippen LogP contribution in [0, 0.1) is 0 Å². The van der Waals surface area contributed by atoms with Crippen LogP contribution in [0.3, 0.4) is 0 Å². The Morgan fingerprint density at radius 3 is 2.23 bits per heavy atom. The number of rotatable bonds is 5. The minimum Gasteiger partial charge on any atom is -0.463 e. The van der Waals surface area contributed by atoms with Crippen LogP contribution in [0.4, 0.5) is 0 Å². The number of hydrogen-bond acceptors (Lipinski definition) is 2. The maximum Gasteiger partial charge on any atom is 0.313 e. The Kier molecular flexibility index (Phi) is 5.16. The first-order valence-corrected chi connectivity index (χ1v) is 7.54. The van der Waals surface area contributed by atoms with Gasteiger partial charge in [-0.1, -0.05) is 61.2 Å². The molecule has 0 aliphatic heterocycles. The van der Waals surface area contributed by atoms with E-state index in [1.165, 1.54) is 0 Å². The van der Waals surface area contributed by atoms with Crippen molar-refractivity contribution >= 4 is 11.5 Å². The summed E-state index contributed by atoms with van der Waals surface area (Å²) >= 11 is 0. The van der Waals surface area contributed by atoms with Crippen molar-refractivity contribution in [3.05, 3.63) is 77.9 Å².